The van der Waals surface area contributed by atoms with Gasteiger partial charge in [-0.25, -0.2) is 0 Å². The number of rotatable bonds is 1. The fraction of sp³-hybridized carbons (Fsp3) is 0.0909. The van der Waals surface area contributed by atoms with Crippen LogP contribution in [0, 0.1) is 0 Å². The first-order valence-electron chi connectivity index (χ1n) is 4.17. The molecule has 0 aliphatic heterocycles. The summed E-state index contributed by atoms with van der Waals surface area (Å²) in [6.45, 7) is 0. The van der Waals surface area contributed by atoms with Gasteiger partial charge in [0, 0.05) is 0 Å². The van der Waals surface area contributed by atoms with E-state index in [4.69, 9.17) is 0 Å². The average molecular weight is 201 g/mol. The predicted molar refractivity (Wildman–Crippen MR) is 53.4 cm³/mol. The topological polar surface area (TPSA) is 0 Å². The zero-order valence-corrected chi connectivity index (χ0v) is 9.50. The van der Waals surface area contributed by atoms with Gasteiger partial charge in [-0.15, -0.1) is 0 Å². The van der Waals surface area contributed by atoms with Gasteiger partial charge in [0.1, 0.15) is 0 Å². The van der Waals surface area contributed by atoms with E-state index in [0.717, 1.165) is 4.55 Å². The number of hydrogen-bond acceptors (Lipinski definition) is 0. The molecule has 0 amide bonds. The van der Waals surface area contributed by atoms with Crippen molar-refractivity contribution in [3.05, 3.63) is 48.0 Å². The second kappa shape index (κ2) is 4.84. The van der Waals surface area contributed by atoms with Gasteiger partial charge >= 0.3 is 85.1 Å². The minimum atomic E-state index is 0. The van der Waals surface area contributed by atoms with Gasteiger partial charge in [-0.3, -0.25) is 0 Å². The molecule has 0 aliphatic carbocycles. The van der Waals surface area contributed by atoms with Crippen molar-refractivity contribution in [1.29, 1.82) is 0 Å². The monoisotopic (exact) mass is 200 g/mol. The third-order valence-electron chi connectivity index (χ3n) is 2.15. The van der Waals surface area contributed by atoms with Crippen molar-refractivity contribution in [3.63, 3.8) is 0 Å². The molecule has 2 rings (SSSR count). The Balaban J connectivity index is 0.000000845. The molecule has 0 saturated heterocycles. The third-order valence-corrected chi connectivity index (χ3v) is 2.69. The van der Waals surface area contributed by atoms with E-state index >= 15 is 0 Å². The van der Waals surface area contributed by atoms with E-state index in [-0.39, 0.29) is 12.4 Å². The number of fused-ring (bicyclic) bond motifs is 1. The van der Waals surface area contributed by atoms with Crippen LogP contribution in [-0.4, -0.2) is 21.7 Å². The Hall–Kier alpha value is -0.244. The molecule has 0 N–H and O–H groups in total. The zero-order valence-electron chi connectivity index (χ0n) is 7.33. The summed E-state index contributed by atoms with van der Waals surface area (Å²) in [4.78, 5) is 0. The molecule has 2 heteroatoms. The first-order valence-corrected chi connectivity index (χ1v) is 5.17. The van der Waals surface area contributed by atoms with Crippen molar-refractivity contribution in [2.45, 2.75) is 4.55 Å². The summed E-state index contributed by atoms with van der Waals surface area (Å²) >= 11 is 2.01. The molecule has 62 valence electrons. The molecule has 0 nitrogen and oxygen atoms in total. The van der Waals surface area contributed by atoms with Crippen molar-refractivity contribution in [3.8, 4) is 0 Å². The van der Waals surface area contributed by atoms with Gasteiger partial charge in [-0.1, -0.05) is 0 Å². The molecule has 2 aromatic carbocycles. The van der Waals surface area contributed by atoms with E-state index < -0.39 is 0 Å². The van der Waals surface area contributed by atoms with Gasteiger partial charge in [0.15, 0.2) is 0 Å². The molecule has 0 spiro atoms. The maximum absolute atomic E-state index is 2.20. The Morgan fingerprint density at radius 3 is 2.38 bits per heavy atom. The van der Waals surface area contributed by atoms with Crippen LogP contribution in [0.4, 0.5) is 0 Å². The zero-order chi connectivity index (χ0) is 8.39. The van der Waals surface area contributed by atoms with Crippen LogP contribution in [-0.2, 0) is 4.55 Å². The summed E-state index contributed by atoms with van der Waals surface area (Å²) in [7, 11) is 0. The predicted octanol–water partition coefficient (Wildman–Crippen LogP) is -0.488. The standard InChI is InChI=1S/C11H9.ClH.Mg/c1-9-5-4-7-10-6-2-3-8-11(9)10;;/h2-8H,1H2;1H;/q;;+1/p-1. The van der Waals surface area contributed by atoms with Crippen molar-refractivity contribution in [2.24, 2.45) is 0 Å². The molecule has 0 bridgehead atoms. The quantitative estimate of drug-likeness (QED) is 0.546. The van der Waals surface area contributed by atoms with Gasteiger partial charge in [0.05, 0.1) is 0 Å². The van der Waals surface area contributed by atoms with E-state index in [0.29, 0.717) is 0 Å². The van der Waals surface area contributed by atoms with Gasteiger partial charge in [0.25, 0.3) is 0 Å². The SMILES string of the molecule is [Cl-].[Mg+][CH2]c1cccc2ccccc12. The van der Waals surface area contributed by atoms with Crippen molar-refractivity contribution in [2.75, 3.05) is 0 Å². The average Bonchev–Trinajstić information content (AvgIpc) is 2.17. The fourth-order valence-corrected chi connectivity index (χ4v) is 1.95. The molecule has 0 aromatic heterocycles. The molecule has 0 unspecified atom stereocenters. The normalized spacial score (nSPS) is 9.69. The Labute approximate surface area is 97.2 Å². The van der Waals surface area contributed by atoms with Crippen molar-refractivity contribution >= 4 is 32.5 Å². The van der Waals surface area contributed by atoms with Crippen LogP contribution in [0.1, 0.15) is 5.56 Å². The van der Waals surface area contributed by atoms with Crippen LogP contribution < -0.4 is 12.4 Å². The summed E-state index contributed by atoms with van der Waals surface area (Å²) in [5.74, 6) is 0. The van der Waals surface area contributed by atoms with Gasteiger partial charge in [-0.05, 0) is 0 Å². The van der Waals surface area contributed by atoms with E-state index in [9.17, 15) is 0 Å². The Morgan fingerprint density at radius 1 is 0.923 bits per heavy atom. The van der Waals surface area contributed by atoms with E-state index in [2.05, 4.69) is 42.5 Å². The second-order valence-electron chi connectivity index (χ2n) is 2.89. The molecule has 2 aromatic rings. The van der Waals surface area contributed by atoms with E-state index in [1.54, 1.807) is 0 Å². The second-order valence-corrected chi connectivity index (χ2v) is 3.39. The van der Waals surface area contributed by atoms with Crippen LogP contribution in [0.2, 0.25) is 0 Å². The fourth-order valence-electron chi connectivity index (χ4n) is 1.51. The Morgan fingerprint density at radius 2 is 1.62 bits per heavy atom. The van der Waals surface area contributed by atoms with Crippen molar-refractivity contribution < 1.29 is 12.4 Å². The first kappa shape index (κ1) is 10.8. The van der Waals surface area contributed by atoms with Crippen LogP contribution in [0.15, 0.2) is 42.5 Å². The third kappa shape index (κ3) is 2.16. The maximum atomic E-state index is 2.20. The summed E-state index contributed by atoms with van der Waals surface area (Å²) in [5, 5.41) is 2.75. The van der Waals surface area contributed by atoms with Crippen LogP contribution in [0.25, 0.3) is 10.8 Å². The van der Waals surface area contributed by atoms with E-state index in [1.807, 2.05) is 21.7 Å². The molecule has 0 radical (unpaired) electrons. The Kier molecular flexibility index (Phi) is 4.04. The molecule has 0 heterocycles. The molecule has 0 fully saturated rings. The number of halogens is 1. The van der Waals surface area contributed by atoms with Gasteiger partial charge in [-0.2, -0.15) is 0 Å². The molecule has 0 saturated carbocycles. The first-order chi connectivity index (χ1) is 5.92. The van der Waals surface area contributed by atoms with Gasteiger partial charge in [0.2, 0.25) is 0 Å². The van der Waals surface area contributed by atoms with Gasteiger partial charge < -0.3 is 12.4 Å². The van der Waals surface area contributed by atoms with Crippen LogP contribution >= 0.6 is 0 Å². The summed E-state index contributed by atoms with van der Waals surface area (Å²) < 4.78 is 1.14. The summed E-state index contributed by atoms with van der Waals surface area (Å²) in [6, 6.07) is 15.0. The van der Waals surface area contributed by atoms with E-state index in [1.165, 1.54) is 16.3 Å². The molecular weight excluding hydrogens is 192 g/mol. The van der Waals surface area contributed by atoms with Crippen LogP contribution in [0.5, 0.6) is 0 Å². The minimum absolute atomic E-state index is 0. The molecular formula is C11H9ClMg. The number of hydrogen-bond donors (Lipinski definition) is 0. The molecule has 0 aliphatic rings. The molecule has 13 heavy (non-hydrogen) atoms. The Bertz CT molecular complexity index is 393. The molecule has 0 atom stereocenters. The summed E-state index contributed by atoms with van der Waals surface area (Å²) in [6.07, 6.45) is 0. The van der Waals surface area contributed by atoms with Crippen LogP contribution in [0.3, 0.4) is 0 Å². The summed E-state index contributed by atoms with van der Waals surface area (Å²) in [5.41, 5.74) is 1.45. The van der Waals surface area contributed by atoms with Crippen molar-refractivity contribution in [1.82, 2.24) is 0 Å². The number of benzene rings is 2.